The molecule has 10 nitrogen and oxygen atoms in total. The van der Waals surface area contributed by atoms with Crippen LogP contribution in [-0.2, 0) is 20.9 Å². The Hall–Kier alpha value is -3.08. The lowest BCUT2D eigenvalue weighted by Crippen LogP contribution is -2.65. The number of amides is 2. The quantitative estimate of drug-likeness (QED) is 0.256. The van der Waals surface area contributed by atoms with Gasteiger partial charge in [0.05, 0.1) is 5.02 Å². The molecule has 0 bridgehead atoms. The number of hydrogen-bond acceptors (Lipinski definition) is 7. The van der Waals surface area contributed by atoms with E-state index >= 15 is 0 Å². The molecule has 4 N–H and O–H groups in total. The zero-order chi connectivity index (χ0) is 29.1. The Bertz CT molecular complexity index is 1150. The highest BCUT2D eigenvalue weighted by molar-refractivity contribution is 6.35. The minimum atomic E-state index is -0.714. The molecule has 0 radical (unpaired) electrons. The Morgan fingerprint density at radius 3 is 2.65 bits per heavy atom. The molecule has 40 heavy (non-hydrogen) atoms. The van der Waals surface area contributed by atoms with Crippen molar-refractivity contribution in [3.8, 4) is 5.88 Å². The zero-order valence-electron chi connectivity index (χ0n) is 22.8. The zero-order valence-corrected chi connectivity index (χ0v) is 24.3. The number of aromatic nitrogens is 1. The summed E-state index contributed by atoms with van der Waals surface area (Å²) in [7, 11) is 1.85. The molecular formula is C28H37Cl2N5O5. The van der Waals surface area contributed by atoms with E-state index in [1.807, 2.05) is 38.2 Å². The number of pyridine rings is 1. The average Bonchev–Trinajstić information content (AvgIpc) is 2.89. The highest BCUT2D eigenvalue weighted by atomic mass is 35.5. The number of carbonyl (C=O) groups is 3. The summed E-state index contributed by atoms with van der Waals surface area (Å²) < 4.78 is 5.62. The van der Waals surface area contributed by atoms with Gasteiger partial charge in [-0.2, -0.15) is 0 Å². The lowest BCUT2D eigenvalue weighted by atomic mass is 9.60. The predicted octanol–water partition coefficient (Wildman–Crippen LogP) is 3.97. The number of hydrogen-bond donors (Lipinski definition) is 4. The molecule has 2 aromatic rings. The Morgan fingerprint density at radius 2 is 2.02 bits per heavy atom. The normalized spacial score (nSPS) is 16.4. The Labute approximate surface area is 244 Å². The van der Waals surface area contributed by atoms with Crippen LogP contribution in [0.15, 0.2) is 36.5 Å². The molecule has 1 atom stereocenters. The maximum absolute atomic E-state index is 12.3. The second-order valence-electron chi connectivity index (χ2n) is 10.2. The molecule has 1 unspecified atom stereocenters. The van der Waals surface area contributed by atoms with Crippen LogP contribution in [0.4, 0.5) is 5.69 Å². The van der Waals surface area contributed by atoms with Gasteiger partial charge in [-0.3, -0.25) is 14.4 Å². The summed E-state index contributed by atoms with van der Waals surface area (Å²) in [5.74, 6) is -0.741. The van der Waals surface area contributed by atoms with Crippen molar-refractivity contribution in [3.05, 3.63) is 52.1 Å². The van der Waals surface area contributed by atoms with Gasteiger partial charge in [0.15, 0.2) is 6.10 Å². The molecule has 2 aliphatic rings. The molecule has 2 amide bonds. The van der Waals surface area contributed by atoms with Gasteiger partial charge in [-0.15, -0.1) is 0 Å². The summed E-state index contributed by atoms with van der Waals surface area (Å²) in [6.45, 7) is 5.30. The van der Waals surface area contributed by atoms with E-state index in [9.17, 15) is 14.4 Å². The fourth-order valence-corrected chi connectivity index (χ4v) is 5.48. The van der Waals surface area contributed by atoms with Crippen molar-refractivity contribution in [2.75, 3.05) is 32.0 Å². The van der Waals surface area contributed by atoms with Gasteiger partial charge in [0, 0.05) is 51.0 Å². The van der Waals surface area contributed by atoms with Crippen LogP contribution in [0.25, 0.3) is 0 Å². The number of aliphatic carboxylic acids is 1. The van der Waals surface area contributed by atoms with Crippen LogP contribution >= 0.6 is 23.2 Å². The van der Waals surface area contributed by atoms with E-state index in [0.29, 0.717) is 29.4 Å². The standard InChI is InChI=1S/C17H19Cl2N3O2.C11H18N2O3/c1-3-15(24-17-14(19)8-12(18)10-22-17)16(23)21-9-11-5-4-6-13(7-11)20-2;14-8-12-9-4-11(5-9)6-13(7-11)3-1-2-10(15)16/h4-8,10,15,20H,3,9H2,1-2H3,(H,21,23);8-9H,1-7H2,(H,12,14)(H,15,16). The molecule has 1 saturated heterocycles. The van der Waals surface area contributed by atoms with Gasteiger partial charge >= 0.3 is 5.97 Å². The Morgan fingerprint density at radius 1 is 1.27 bits per heavy atom. The number of ether oxygens (including phenoxy) is 1. The van der Waals surface area contributed by atoms with Crippen LogP contribution in [0.2, 0.25) is 10.0 Å². The molecule has 1 aliphatic carbocycles. The SMILES string of the molecule is CCC(Oc1ncc(Cl)cc1Cl)C(=O)NCc1cccc(NC)c1.O=CNC1CC2(C1)CN(CCCC(=O)O)C2. The number of carboxylic acid groups (broad SMARTS) is 1. The third kappa shape index (κ3) is 9.25. The molecule has 1 aromatic carbocycles. The minimum Gasteiger partial charge on any atom is -0.481 e. The molecule has 218 valence electrons. The second kappa shape index (κ2) is 15.1. The lowest BCUT2D eigenvalue weighted by Gasteiger charge is -2.59. The first kappa shape index (κ1) is 31.4. The van der Waals surface area contributed by atoms with E-state index in [-0.39, 0.29) is 23.2 Å². The highest BCUT2D eigenvalue weighted by Crippen LogP contribution is 2.48. The molecule has 4 rings (SSSR count). The number of carboxylic acids is 1. The van der Waals surface area contributed by atoms with Gasteiger partial charge in [-0.25, -0.2) is 4.98 Å². The minimum absolute atomic E-state index is 0.195. The van der Waals surface area contributed by atoms with Crippen molar-refractivity contribution in [1.29, 1.82) is 0 Å². The van der Waals surface area contributed by atoms with Crippen molar-refractivity contribution in [3.63, 3.8) is 0 Å². The van der Waals surface area contributed by atoms with Gasteiger partial charge in [0.2, 0.25) is 12.3 Å². The maximum atomic E-state index is 12.3. The molecule has 1 spiro atoms. The summed E-state index contributed by atoms with van der Waals surface area (Å²) in [6, 6.07) is 9.70. The summed E-state index contributed by atoms with van der Waals surface area (Å²) >= 11 is 11.8. The van der Waals surface area contributed by atoms with Crippen LogP contribution in [0.3, 0.4) is 0 Å². The summed E-state index contributed by atoms with van der Waals surface area (Å²) in [5, 5.41) is 17.9. The number of carbonyl (C=O) groups excluding carboxylic acids is 2. The van der Waals surface area contributed by atoms with Gasteiger partial charge in [0.25, 0.3) is 5.91 Å². The Balaban J connectivity index is 0.000000238. The van der Waals surface area contributed by atoms with E-state index in [0.717, 1.165) is 56.6 Å². The predicted molar refractivity (Wildman–Crippen MR) is 155 cm³/mol. The fourth-order valence-electron chi connectivity index (χ4n) is 5.06. The smallest absolute Gasteiger partial charge is 0.303 e. The van der Waals surface area contributed by atoms with E-state index < -0.39 is 12.1 Å². The summed E-state index contributed by atoms with van der Waals surface area (Å²) in [4.78, 5) is 39.2. The summed E-state index contributed by atoms with van der Waals surface area (Å²) in [6.07, 6.45) is 5.19. The number of rotatable bonds is 13. The second-order valence-corrected chi connectivity index (χ2v) is 11.1. The number of benzene rings is 1. The van der Waals surface area contributed by atoms with Crippen LogP contribution in [-0.4, -0.2) is 72.1 Å². The van der Waals surface area contributed by atoms with Gasteiger partial charge in [0.1, 0.15) is 5.02 Å². The summed E-state index contributed by atoms with van der Waals surface area (Å²) in [5.41, 5.74) is 2.42. The first-order valence-corrected chi connectivity index (χ1v) is 14.1. The van der Waals surface area contributed by atoms with Gasteiger partial charge in [-0.1, -0.05) is 42.3 Å². The van der Waals surface area contributed by atoms with E-state index in [1.165, 1.54) is 12.3 Å². The highest BCUT2D eigenvalue weighted by Gasteiger charge is 2.51. The molecule has 12 heteroatoms. The van der Waals surface area contributed by atoms with E-state index in [2.05, 4.69) is 25.8 Å². The monoisotopic (exact) mass is 593 g/mol. The third-order valence-corrected chi connectivity index (χ3v) is 7.50. The van der Waals surface area contributed by atoms with Gasteiger partial charge < -0.3 is 30.7 Å². The lowest BCUT2D eigenvalue weighted by molar-refractivity contribution is -0.137. The molecule has 2 heterocycles. The maximum Gasteiger partial charge on any atom is 0.303 e. The first-order chi connectivity index (χ1) is 19.2. The van der Waals surface area contributed by atoms with E-state index in [4.69, 9.17) is 33.0 Å². The van der Waals surface area contributed by atoms with Crippen LogP contribution in [0.1, 0.15) is 44.6 Å². The molecular weight excluding hydrogens is 557 g/mol. The van der Waals surface area contributed by atoms with E-state index in [1.54, 1.807) is 0 Å². The van der Waals surface area contributed by atoms with Crippen molar-refractivity contribution in [2.45, 2.75) is 57.7 Å². The molecule has 1 aromatic heterocycles. The number of likely N-dealkylation sites (tertiary alicyclic amines) is 1. The van der Waals surface area contributed by atoms with Gasteiger partial charge in [-0.05, 0) is 61.4 Å². The van der Waals surface area contributed by atoms with Crippen molar-refractivity contribution < 1.29 is 24.2 Å². The molecule has 1 saturated carbocycles. The number of nitrogens with one attached hydrogen (secondary N) is 3. The number of anilines is 1. The van der Waals surface area contributed by atoms with Crippen LogP contribution in [0.5, 0.6) is 5.88 Å². The largest absolute Gasteiger partial charge is 0.481 e. The van der Waals surface area contributed by atoms with Crippen molar-refractivity contribution in [1.82, 2.24) is 20.5 Å². The van der Waals surface area contributed by atoms with Crippen LogP contribution < -0.4 is 20.7 Å². The number of halogens is 2. The first-order valence-electron chi connectivity index (χ1n) is 13.3. The van der Waals surface area contributed by atoms with Crippen molar-refractivity contribution in [2.24, 2.45) is 5.41 Å². The topological polar surface area (TPSA) is 133 Å². The molecule has 2 fully saturated rings. The van der Waals surface area contributed by atoms with Crippen molar-refractivity contribution >= 4 is 47.2 Å². The van der Waals surface area contributed by atoms with Crippen LogP contribution in [0, 0.1) is 5.41 Å². The average molecular weight is 595 g/mol. The Kier molecular flexibility index (Phi) is 11.8. The fraction of sp³-hybridized carbons (Fsp3) is 0.500. The third-order valence-electron chi connectivity index (χ3n) is 7.02. The number of nitrogens with zero attached hydrogens (tertiary/aromatic N) is 2. The molecule has 1 aliphatic heterocycles.